The van der Waals surface area contributed by atoms with Crippen LogP contribution in [0.4, 0.5) is 0 Å². The molecule has 2 N–H and O–H groups in total. The van der Waals surface area contributed by atoms with Crippen molar-refractivity contribution in [1.29, 1.82) is 0 Å². The fourth-order valence-corrected chi connectivity index (χ4v) is 2.07. The second-order valence-electron chi connectivity index (χ2n) is 3.91. The van der Waals surface area contributed by atoms with Crippen LogP contribution in [0.5, 0.6) is 0 Å². The van der Waals surface area contributed by atoms with Crippen LogP contribution in [0.25, 0.3) is 10.9 Å². The van der Waals surface area contributed by atoms with Gasteiger partial charge in [-0.25, -0.2) is 0 Å². The normalized spacial score (nSPS) is 14.8. The SMILES string of the molecule is OC(CCCl)C(O)c1cccc2cccnc12. The van der Waals surface area contributed by atoms with E-state index in [4.69, 9.17) is 11.6 Å². The highest BCUT2D eigenvalue weighted by atomic mass is 35.5. The fourth-order valence-electron chi connectivity index (χ4n) is 1.84. The van der Waals surface area contributed by atoms with Crippen molar-refractivity contribution in [3.8, 4) is 0 Å². The van der Waals surface area contributed by atoms with E-state index < -0.39 is 12.2 Å². The molecule has 1 aromatic carbocycles. The van der Waals surface area contributed by atoms with Gasteiger partial charge in [-0.15, -0.1) is 11.6 Å². The van der Waals surface area contributed by atoms with Gasteiger partial charge in [0.2, 0.25) is 0 Å². The van der Waals surface area contributed by atoms with Crippen LogP contribution in [-0.2, 0) is 0 Å². The van der Waals surface area contributed by atoms with E-state index in [1.165, 1.54) is 0 Å². The van der Waals surface area contributed by atoms with Gasteiger partial charge in [0.15, 0.2) is 0 Å². The number of rotatable bonds is 4. The van der Waals surface area contributed by atoms with Crippen LogP contribution in [0.3, 0.4) is 0 Å². The Bertz CT molecular complexity index is 498. The number of para-hydroxylation sites is 1. The van der Waals surface area contributed by atoms with Crippen molar-refractivity contribution in [2.45, 2.75) is 18.6 Å². The molecule has 0 bridgehead atoms. The van der Waals surface area contributed by atoms with Crippen LogP contribution in [-0.4, -0.2) is 27.2 Å². The molecule has 2 unspecified atom stereocenters. The molecule has 2 aromatic rings. The van der Waals surface area contributed by atoms with Crippen LogP contribution in [0, 0.1) is 0 Å². The first kappa shape index (κ1) is 12.3. The minimum Gasteiger partial charge on any atom is -0.390 e. The highest BCUT2D eigenvalue weighted by Crippen LogP contribution is 2.25. The minimum atomic E-state index is -0.952. The van der Waals surface area contributed by atoms with E-state index in [0.29, 0.717) is 17.9 Å². The van der Waals surface area contributed by atoms with Crippen molar-refractivity contribution in [1.82, 2.24) is 4.98 Å². The molecular weight excluding hydrogens is 238 g/mol. The van der Waals surface area contributed by atoms with Gasteiger partial charge in [-0.2, -0.15) is 0 Å². The third-order valence-corrected chi connectivity index (χ3v) is 2.97. The monoisotopic (exact) mass is 251 g/mol. The number of hydrogen-bond acceptors (Lipinski definition) is 3. The van der Waals surface area contributed by atoms with Gasteiger partial charge in [0, 0.05) is 23.0 Å². The lowest BCUT2D eigenvalue weighted by molar-refractivity contribution is 0.0177. The zero-order chi connectivity index (χ0) is 12.3. The number of aliphatic hydroxyl groups is 2. The average molecular weight is 252 g/mol. The number of aliphatic hydroxyl groups excluding tert-OH is 2. The van der Waals surface area contributed by atoms with Crippen molar-refractivity contribution < 1.29 is 10.2 Å². The summed E-state index contributed by atoms with van der Waals surface area (Å²) in [7, 11) is 0. The van der Waals surface area contributed by atoms with E-state index in [2.05, 4.69) is 4.98 Å². The molecule has 1 heterocycles. The summed E-state index contributed by atoms with van der Waals surface area (Å²) in [5.74, 6) is 0.316. The molecule has 0 saturated carbocycles. The lowest BCUT2D eigenvalue weighted by Crippen LogP contribution is -2.19. The maximum Gasteiger partial charge on any atom is 0.107 e. The Morgan fingerprint density at radius 1 is 1.18 bits per heavy atom. The minimum absolute atomic E-state index is 0.316. The maximum atomic E-state index is 10.1. The van der Waals surface area contributed by atoms with E-state index in [1.54, 1.807) is 12.3 Å². The molecular formula is C13H14ClNO2. The number of aromatic nitrogens is 1. The Morgan fingerprint density at radius 3 is 2.71 bits per heavy atom. The Hall–Kier alpha value is -1.16. The predicted octanol–water partition coefficient (Wildman–Crippen LogP) is 2.26. The van der Waals surface area contributed by atoms with Crippen LogP contribution in [0.1, 0.15) is 18.1 Å². The van der Waals surface area contributed by atoms with E-state index in [9.17, 15) is 10.2 Å². The number of nitrogens with zero attached hydrogens (tertiary/aromatic N) is 1. The number of hydrogen-bond donors (Lipinski definition) is 2. The molecule has 1 aromatic heterocycles. The second kappa shape index (κ2) is 5.45. The Balaban J connectivity index is 2.41. The highest BCUT2D eigenvalue weighted by molar-refractivity contribution is 6.17. The van der Waals surface area contributed by atoms with E-state index in [-0.39, 0.29) is 0 Å². The van der Waals surface area contributed by atoms with Crippen LogP contribution in [0.15, 0.2) is 36.5 Å². The molecule has 0 spiro atoms. The lowest BCUT2D eigenvalue weighted by atomic mass is 10.00. The molecule has 0 aliphatic carbocycles. The van der Waals surface area contributed by atoms with Crippen molar-refractivity contribution in [2.75, 3.05) is 5.88 Å². The average Bonchev–Trinajstić information content (AvgIpc) is 2.37. The Kier molecular flexibility index (Phi) is 3.94. The van der Waals surface area contributed by atoms with Crippen LogP contribution >= 0.6 is 11.6 Å². The smallest absolute Gasteiger partial charge is 0.107 e. The molecule has 3 nitrogen and oxygen atoms in total. The van der Waals surface area contributed by atoms with Gasteiger partial charge < -0.3 is 10.2 Å². The summed E-state index contributed by atoms with van der Waals surface area (Å²) < 4.78 is 0. The summed E-state index contributed by atoms with van der Waals surface area (Å²) in [5, 5.41) is 20.8. The first-order chi connectivity index (χ1) is 8.24. The quantitative estimate of drug-likeness (QED) is 0.820. The van der Waals surface area contributed by atoms with Gasteiger partial charge in [-0.3, -0.25) is 4.98 Å². The summed E-state index contributed by atoms with van der Waals surface area (Å²) in [6, 6.07) is 9.31. The molecule has 2 rings (SSSR count). The topological polar surface area (TPSA) is 53.4 Å². The molecule has 17 heavy (non-hydrogen) atoms. The van der Waals surface area contributed by atoms with Crippen molar-refractivity contribution in [3.05, 3.63) is 42.1 Å². The largest absolute Gasteiger partial charge is 0.390 e. The summed E-state index contributed by atoms with van der Waals surface area (Å²) in [6.45, 7) is 0. The third-order valence-electron chi connectivity index (χ3n) is 2.75. The van der Waals surface area contributed by atoms with Gasteiger partial charge >= 0.3 is 0 Å². The zero-order valence-electron chi connectivity index (χ0n) is 9.25. The zero-order valence-corrected chi connectivity index (χ0v) is 10.0. The van der Waals surface area contributed by atoms with E-state index in [0.717, 1.165) is 10.9 Å². The molecule has 0 aliphatic heterocycles. The van der Waals surface area contributed by atoms with Gasteiger partial charge in [0.05, 0.1) is 11.6 Å². The number of pyridine rings is 1. The molecule has 0 fully saturated rings. The number of alkyl halides is 1. The van der Waals surface area contributed by atoms with Crippen LogP contribution in [0.2, 0.25) is 0 Å². The first-order valence-electron chi connectivity index (χ1n) is 5.50. The van der Waals surface area contributed by atoms with Crippen molar-refractivity contribution >= 4 is 22.5 Å². The maximum absolute atomic E-state index is 10.1. The first-order valence-corrected chi connectivity index (χ1v) is 6.03. The van der Waals surface area contributed by atoms with Gasteiger partial charge in [0.1, 0.15) is 6.10 Å². The molecule has 4 heteroatoms. The van der Waals surface area contributed by atoms with E-state index >= 15 is 0 Å². The summed E-state index contributed by atoms with van der Waals surface area (Å²) >= 11 is 5.56. The standard InChI is InChI=1S/C13H14ClNO2/c14-7-6-11(16)13(17)10-5-1-3-9-4-2-8-15-12(9)10/h1-5,8,11,13,16-17H,6-7H2. The molecule has 0 aliphatic rings. The Labute approximate surface area is 105 Å². The van der Waals surface area contributed by atoms with Crippen molar-refractivity contribution in [3.63, 3.8) is 0 Å². The molecule has 2 atom stereocenters. The van der Waals surface area contributed by atoms with Gasteiger partial charge in [-0.1, -0.05) is 24.3 Å². The third kappa shape index (κ3) is 2.57. The Morgan fingerprint density at radius 2 is 1.94 bits per heavy atom. The predicted molar refractivity (Wildman–Crippen MR) is 68.0 cm³/mol. The number of halogens is 1. The van der Waals surface area contributed by atoms with E-state index in [1.807, 2.05) is 24.3 Å². The molecule has 0 radical (unpaired) electrons. The lowest BCUT2D eigenvalue weighted by Gasteiger charge is -2.18. The summed E-state index contributed by atoms with van der Waals surface area (Å²) in [5.41, 5.74) is 1.36. The molecule has 90 valence electrons. The fraction of sp³-hybridized carbons (Fsp3) is 0.308. The summed E-state index contributed by atoms with van der Waals surface area (Å²) in [4.78, 5) is 4.24. The summed E-state index contributed by atoms with van der Waals surface area (Å²) in [6.07, 6.45) is 0.214. The van der Waals surface area contributed by atoms with Gasteiger partial charge in [-0.05, 0) is 12.5 Å². The number of fused-ring (bicyclic) bond motifs is 1. The number of benzene rings is 1. The second-order valence-corrected chi connectivity index (χ2v) is 4.29. The van der Waals surface area contributed by atoms with Crippen LogP contribution < -0.4 is 0 Å². The molecule has 0 saturated heterocycles. The molecule has 0 amide bonds. The van der Waals surface area contributed by atoms with Gasteiger partial charge in [0.25, 0.3) is 0 Å². The van der Waals surface area contributed by atoms with Crippen molar-refractivity contribution in [2.24, 2.45) is 0 Å². The highest BCUT2D eigenvalue weighted by Gasteiger charge is 2.20.